The molecule has 0 aliphatic carbocycles. The van der Waals surface area contributed by atoms with E-state index in [1.165, 1.54) is 16.3 Å². The van der Waals surface area contributed by atoms with Crippen LogP contribution in [0.1, 0.15) is 30.0 Å². The van der Waals surface area contributed by atoms with Crippen molar-refractivity contribution >= 4 is 10.8 Å². The minimum atomic E-state index is -0.109. The number of nitrogens with two attached hydrogens (primary N) is 2. The summed E-state index contributed by atoms with van der Waals surface area (Å²) in [4.78, 5) is 0. The average molecular weight is 290 g/mol. The molecular weight excluding hydrogens is 268 g/mol. The van der Waals surface area contributed by atoms with Crippen LogP contribution in [0.5, 0.6) is 0 Å². The molecule has 112 valence electrons. The van der Waals surface area contributed by atoms with Crippen molar-refractivity contribution in [2.45, 2.75) is 24.9 Å². The van der Waals surface area contributed by atoms with E-state index >= 15 is 0 Å². The number of rotatable bonds is 4. The van der Waals surface area contributed by atoms with Crippen molar-refractivity contribution in [3.63, 3.8) is 0 Å². The zero-order chi connectivity index (χ0) is 15.5. The van der Waals surface area contributed by atoms with Gasteiger partial charge in [0.25, 0.3) is 0 Å². The van der Waals surface area contributed by atoms with Crippen LogP contribution in [-0.4, -0.2) is 6.04 Å². The first-order valence-electron chi connectivity index (χ1n) is 7.71. The van der Waals surface area contributed by atoms with E-state index in [-0.39, 0.29) is 18.0 Å². The summed E-state index contributed by atoms with van der Waals surface area (Å²) in [7, 11) is 0. The first-order valence-corrected chi connectivity index (χ1v) is 7.71. The third-order valence-electron chi connectivity index (χ3n) is 4.30. The maximum atomic E-state index is 6.54. The lowest BCUT2D eigenvalue weighted by molar-refractivity contribution is 0.480. The van der Waals surface area contributed by atoms with E-state index in [1.807, 2.05) is 25.1 Å². The Morgan fingerprint density at radius 3 is 2.00 bits per heavy atom. The zero-order valence-electron chi connectivity index (χ0n) is 12.8. The molecule has 3 unspecified atom stereocenters. The van der Waals surface area contributed by atoms with E-state index < -0.39 is 0 Å². The highest BCUT2D eigenvalue weighted by atomic mass is 14.7. The molecule has 0 bridgehead atoms. The first-order chi connectivity index (χ1) is 10.7. The number of hydrogen-bond donors (Lipinski definition) is 2. The standard InChI is InChI=1S/C20H22N2/c1-14(21)19(20(22)16-8-3-2-4-9-16)18-12-11-15-7-5-6-10-17(15)13-18/h2-14,19-20H,21-22H2,1H3. The molecule has 0 aliphatic rings. The van der Waals surface area contributed by atoms with Crippen molar-refractivity contribution in [1.82, 2.24) is 0 Å². The predicted octanol–water partition coefficient (Wildman–Crippen LogP) is 3.97. The van der Waals surface area contributed by atoms with Crippen molar-refractivity contribution in [2.24, 2.45) is 11.5 Å². The smallest absolute Gasteiger partial charge is 0.0379 e. The highest BCUT2D eigenvalue weighted by Crippen LogP contribution is 2.32. The fourth-order valence-corrected chi connectivity index (χ4v) is 3.14. The first kappa shape index (κ1) is 14.8. The molecule has 0 radical (unpaired) electrons. The van der Waals surface area contributed by atoms with Crippen LogP contribution in [0.2, 0.25) is 0 Å². The Balaban J connectivity index is 2.02. The molecule has 0 fully saturated rings. The molecule has 2 heteroatoms. The van der Waals surface area contributed by atoms with E-state index in [1.54, 1.807) is 0 Å². The third kappa shape index (κ3) is 2.89. The van der Waals surface area contributed by atoms with Gasteiger partial charge in [0.1, 0.15) is 0 Å². The van der Waals surface area contributed by atoms with E-state index in [9.17, 15) is 0 Å². The SMILES string of the molecule is CC(N)C(c1ccc2ccccc2c1)C(N)c1ccccc1. The Morgan fingerprint density at radius 2 is 1.32 bits per heavy atom. The summed E-state index contributed by atoms with van der Waals surface area (Å²) in [5, 5.41) is 2.47. The van der Waals surface area contributed by atoms with Crippen molar-refractivity contribution in [1.29, 1.82) is 0 Å². The van der Waals surface area contributed by atoms with Crippen molar-refractivity contribution in [3.05, 3.63) is 83.9 Å². The Hall–Kier alpha value is -2.16. The molecule has 22 heavy (non-hydrogen) atoms. The van der Waals surface area contributed by atoms with Crippen LogP contribution in [0, 0.1) is 0 Å². The summed E-state index contributed by atoms with van der Waals surface area (Å²) in [5.74, 6) is 0.0898. The van der Waals surface area contributed by atoms with Crippen LogP contribution in [0.3, 0.4) is 0 Å². The summed E-state index contributed by atoms with van der Waals surface area (Å²) < 4.78 is 0. The highest BCUT2D eigenvalue weighted by molar-refractivity contribution is 5.83. The van der Waals surface area contributed by atoms with Crippen LogP contribution in [0.4, 0.5) is 0 Å². The largest absolute Gasteiger partial charge is 0.327 e. The van der Waals surface area contributed by atoms with Gasteiger partial charge in [-0.05, 0) is 28.8 Å². The van der Waals surface area contributed by atoms with Gasteiger partial charge < -0.3 is 11.5 Å². The van der Waals surface area contributed by atoms with Crippen molar-refractivity contribution in [3.8, 4) is 0 Å². The lowest BCUT2D eigenvalue weighted by atomic mass is 9.82. The van der Waals surface area contributed by atoms with Gasteiger partial charge in [0, 0.05) is 18.0 Å². The molecule has 0 saturated carbocycles. The van der Waals surface area contributed by atoms with Gasteiger partial charge in [-0.25, -0.2) is 0 Å². The van der Waals surface area contributed by atoms with Crippen molar-refractivity contribution in [2.75, 3.05) is 0 Å². The second-order valence-electron chi connectivity index (χ2n) is 5.93. The monoisotopic (exact) mass is 290 g/mol. The molecule has 0 aliphatic heterocycles. The maximum Gasteiger partial charge on any atom is 0.0379 e. The van der Waals surface area contributed by atoms with Crippen molar-refractivity contribution < 1.29 is 0 Å². The van der Waals surface area contributed by atoms with E-state index in [2.05, 4.69) is 54.6 Å². The number of benzene rings is 3. The molecule has 3 aromatic rings. The second kappa shape index (κ2) is 6.30. The van der Waals surface area contributed by atoms with E-state index in [0.29, 0.717) is 0 Å². The molecule has 4 N–H and O–H groups in total. The summed E-state index contributed by atoms with van der Waals surface area (Å²) in [5.41, 5.74) is 15.1. The maximum absolute atomic E-state index is 6.54. The van der Waals surface area contributed by atoms with Gasteiger partial charge >= 0.3 is 0 Å². The Morgan fingerprint density at radius 1 is 0.682 bits per heavy atom. The normalized spacial score (nSPS) is 15.4. The van der Waals surface area contributed by atoms with Crippen LogP contribution in [0.15, 0.2) is 72.8 Å². The summed E-state index contributed by atoms with van der Waals surface area (Å²) in [6, 6.07) is 25.0. The Bertz CT molecular complexity index is 750. The minimum Gasteiger partial charge on any atom is -0.327 e. The quantitative estimate of drug-likeness (QED) is 0.764. The fraction of sp³-hybridized carbons (Fsp3) is 0.200. The molecule has 0 spiro atoms. The fourth-order valence-electron chi connectivity index (χ4n) is 3.14. The van der Waals surface area contributed by atoms with E-state index in [4.69, 9.17) is 11.5 Å². The van der Waals surface area contributed by atoms with Gasteiger partial charge in [-0.3, -0.25) is 0 Å². The lowest BCUT2D eigenvalue weighted by Gasteiger charge is -2.28. The molecule has 3 rings (SSSR count). The summed E-state index contributed by atoms with van der Waals surface area (Å²) in [6.45, 7) is 2.03. The molecule has 0 heterocycles. The van der Waals surface area contributed by atoms with Gasteiger partial charge in [-0.15, -0.1) is 0 Å². The summed E-state index contributed by atoms with van der Waals surface area (Å²) >= 11 is 0. The Labute approximate surface area is 131 Å². The van der Waals surface area contributed by atoms with Gasteiger partial charge in [-0.1, -0.05) is 72.8 Å². The molecule has 0 saturated heterocycles. The number of fused-ring (bicyclic) bond motifs is 1. The van der Waals surface area contributed by atoms with Crippen LogP contribution >= 0.6 is 0 Å². The minimum absolute atomic E-state index is 0.0173. The van der Waals surface area contributed by atoms with Gasteiger partial charge in [-0.2, -0.15) is 0 Å². The van der Waals surface area contributed by atoms with Crippen LogP contribution in [-0.2, 0) is 0 Å². The molecule has 2 nitrogen and oxygen atoms in total. The Kier molecular flexibility index (Phi) is 4.23. The molecule has 3 aromatic carbocycles. The van der Waals surface area contributed by atoms with E-state index in [0.717, 1.165) is 5.56 Å². The average Bonchev–Trinajstić information content (AvgIpc) is 2.55. The zero-order valence-corrected chi connectivity index (χ0v) is 12.8. The van der Waals surface area contributed by atoms with Gasteiger partial charge in [0.05, 0.1) is 0 Å². The second-order valence-corrected chi connectivity index (χ2v) is 5.93. The van der Waals surface area contributed by atoms with Gasteiger partial charge in [0.15, 0.2) is 0 Å². The number of hydrogen-bond acceptors (Lipinski definition) is 2. The topological polar surface area (TPSA) is 52.0 Å². The lowest BCUT2D eigenvalue weighted by Crippen LogP contribution is -2.33. The van der Waals surface area contributed by atoms with Crippen LogP contribution < -0.4 is 11.5 Å². The molecule has 3 atom stereocenters. The molecule has 0 amide bonds. The third-order valence-corrected chi connectivity index (χ3v) is 4.30. The molecular formula is C20H22N2. The highest BCUT2D eigenvalue weighted by Gasteiger charge is 2.25. The molecule has 0 aromatic heterocycles. The summed E-state index contributed by atoms with van der Waals surface area (Å²) in [6.07, 6.45) is 0. The van der Waals surface area contributed by atoms with Crippen LogP contribution in [0.25, 0.3) is 10.8 Å². The predicted molar refractivity (Wildman–Crippen MR) is 93.7 cm³/mol. The van der Waals surface area contributed by atoms with Gasteiger partial charge in [0.2, 0.25) is 0 Å².